The van der Waals surface area contributed by atoms with Crippen LogP contribution in [0.5, 0.6) is 0 Å². The van der Waals surface area contributed by atoms with Crippen LogP contribution in [0.25, 0.3) is 0 Å². The van der Waals surface area contributed by atoms with Gasteiger partial charge in [-0.25, -0.2) is 5.43 Å². The summed E-state index contributed by atoms with van der Waals surface area (Å²) in [6.45, 7) is 4.00. The SMILES string of the molecule is CCC(CC)=NNC(=O)c1ccc(NC(=O)c2ccccc2)cc1. The van der Waals surface area contributed by atoms with E-state index in [4.69, 9.17) is 0 Å². The van der Waals surface area contributed by atoms with Crippen LogP contribution in [0.15, 0.2) is 59.7 Å². The number of amides is 2. The number of carbonyl (C=O) groups is 2. The van der Waals surface area contributed by atoms with Crippen molar-refractivity contribution in [2.75, 3.05) is 5.32 Å². The molecule has 0 aliphatic carbocycles. The van der Waals surface area contributed by atoms with Gasteiger partial charge in [-0.05, 0) is 49.2 Å². The Morgan fingerprint density at radius 3 is 2.00 bits per heavy atom. The topological polar surface area (TPSA) is 70.6 Å². The van der Waals surface area contributed by atoms with E-state index in [1.165, 1.54) is 0 Å². The van der Waals surface area contributed by atoms with Crippen LogP contribution in [-0.4, -0.2) is 17.5 Å². The summed E-state index contributed by atoms with van der Waals surface area (Å²) in [5.74, 6) is -0.455. The number of rotatable bonds is 6. The first kappa shape index (κ1) is 17.4. The highest BCUT2D eigenvalue weighted by Gasteiger charge is 2.07. The Morgan fingerprint density at radius 2 is 1.42 bits per heavy atom. The average molecular weight is 323 g/mol. The van der Waals surface area contributed by atoms with Crippen molar-refractivity contribution in [1.29, 1.82) is 0 Å². The van der Waals surface area contributed by atoms with Crippen molar-refractivity contribution in [3.05, 3.63) is 65.7 Å². The third-order valence-electron chi connectivity index (χ3n) is 3.57. The summed E-state index contributed by atoms with van der Waals surface area (Å²) in [6, 6.07) is 15.7. The third-order valence-corrected chi connectivity index (χ3v) is 3.57. The van der Waals surface area contributed by atoms with E-state index in [9.17, 15) is 9.59 Å². The van der Waals surface area contributed by atoms with E-state index in [-0.39, 0.29) is 11.8 Å². The summed E-state index contributed by atoms with van der Waals surface area (Å²) >= 11 is 0. The highest BCUT2D eigenvalue weighted by Crippen LogP contribution is 2.11. The molecule has 0 radical (unpaired) electrons. The third kappa shape index (κ3) is 4.78. The number of nitrogens with one attached hydrogen (secondary N) is 2. The molecule has 5 heteroatoms. The van der Waals surface area contributed by atoms with Gasteiger partial charge in [0.25, 0.3) is 11.8 Å². The van der Waals surface area contributed by atoms with E-state index in [0.717, 1.165) is 18.6 Å². The predicted molar refractivity (Wildman–Crippen MR) is 96.3 cm³/mol. The Morgan fingerprint density at radius 1 is 0.833 bits per heavy atom. The molecule has 124 valence electrons. The molecule has 0 aromatic heterocycles. The second-order valence-electron chi connectivity index (χ2n) is 5.22. The summed E-state index contributed by atoms with van der Waals surface area (Å²) < 4.78 is 0. The van der Waals surface area contributed by atoms with Crippen molar-refractivity contribution in [2.24, 2.45) is 5.10 Å². The number of hydrogen-bond donors (Lipinski definition) is 2. The summed E-state index contributed by atoms with van der Waals surface area (Å²) in [4.78, 5) is 24.1. The van der Waals surface area contributed by atoms with Gasteiger partial charge in [0.1, 0.15) is 0 Å². The van der Waals surface area contributed by atoms with Crippen LogP contribution in [0.3, 0.4) is 0 Å². The van der Waals surface area contributed by atoms with Crippen molar-refractivity contribution in [2.45, 2.75) is 26.7 Å². The lowest BCUT2D eigenvalue weighted by Crippen LogP contribution is -2.19. The Hall–Kier alpha value is -2.95. The lowest BCUT2D eigenvalue weighted by molar-refractivity contribution is 0.0954. The molecule has 24 heavy (non-hydrogen) atoms. The molecule has 2 aromatic carbocycles. The minimum Gasteiger partial charge on any atom is -0.322 e. The Labute approximate surface area is 141 Å². The van der Waals surface area contributed by atoms with E-state index >= 15 is 0 Å². The Kier molecular flexibility index (Phi) is 6.25. The molecule has 0 bridgehead atoms. The maximum atomic E-state index is 12.1. The van der Waals surface area contributed by atoms with E-state index in [1.807, 2.05) is 32.0 Å². The number of nitrogens with zero attached hydrogens (tertiary/aromatic N) is 1. The van der Waals surface area contributed by atoms with Crippen molar-refractivity contribution in [3.63, 3.8) is 0 Å². The first-order chi connectivity index (χ1) is 11.6. The number of carbonyl (C=O) groups excluding carboxylic acids is 2. The molecule has 0 fully saturated rings. The van der Waals surface area contributed by atoms with Gasteiger partial charge in [-0.2, -0.15) is 5.10 Å². The minimum absolute atomic E-state index is 0.187. The zero-order valence-electron chi connectivity index (χ0n) is 13.9. The predicted octanol–water partition coefficient (Wildman–Crippen LogP) is 3.84. The Bertz CT molecular complexity index is 716. The quantitative estimate of drug-likeness (QED) is 0.626. The molecular weight excluding hydrogens is 302 g/mol. The molecular formula is C19H21N3O2. The molecule has 2 amide bonds. The zero-order chi connectivity index (χ0) is 17.4. The first-order valence-corrected chi connectivity index (χ1v) is 7.96. The lowest BCUT2D eigenvalue weighted by Gasteiger charge is -2.07. The zero-order valence-corrected chi connectivity index (χ0v) is 13.9. The van der Waals surface area contributed by atoms with Gasteiger partial charge in [-0.15, -0.1) is 0 Å². The van der Waals surface area contributed by atoms with Gasteiger partial charge >= 0.3 is 0 Å². The second kappa shape index (κ2) is 8.62. The molecule has 0 saturated carbocycles. The van der Waals surface area contributed by atoms with Gasteiger partial charge in [-0.1, -0.05) is 32.0 Å². The standard InChI is InChI=1S/C19H21N3O2/c1-3-16(4-2)21-22-19(24)15-10-12-17(13-11-15)20-18(23)14-8-6-5-7-9-14/h5-13H,3-4H2,1-2H3,(H,20,23)(H,22,24). The molecule has 0 aliphatic heterocycles. The Balaban J connectivity index is 1.99. The number of anilines is 1. The molecule has 0 aliphatic rings. The van der Waals surface area contributed by atoms with Gasteiger partial charge in [0, 0.05) is 22.5 Å². The minimum atomic E-state index is -0.268. The average Bonchev–Trinajstić information content (AvgIpc) is 2.63. The van der Waals surface area contributed by atoms with Gasteiger partial charge in [0.15, 0.2) is 0 Å². The summed E-state index contributed by atoms with van der Waals surface area (Å²) in [6.07, 6.45) is 1.61. The second-order valence-corrected chi connectivity index (χ2v) is 5.22. The van der Waals surface area contributed by atoms with E-state index < -0.39 is 0 Å². The van der Waals surface area contributed by atoms with Gasteiger partial charge in [0.05, 0.1) is 0 Å². The van der Waals surface area contributed by atoms with Crippen LogP contribution in [0, 0.1) is 0 Å². The molecule has 2 N–H and O–H groups in total. The smallest absolute Gasteiger partial charge is 0.271 e. The number of hydrogen-bond acceptors (Lipinski definition) is 3. The van der Waals surface area contributed by atoms with E-state index in [2.05, 4.69) is 15.8 Å². The van der Waals surface area contributed by atoms with Gasteiger partial charge in [-0.3, -0.25) is 9.59 Å². The first-order valence-electron chi connectivity index (χ1n) is 7.96. The van der Waals surface area contributed by atoms with Crippen molar-refractivity contribution in [3.8, 4) is 0 Å². The molecule has 0 atom stereocenters. The highest BCUT2D eigenvalue weighted by atomic mass is 16.2. The monoisotopic (exact) mass is 323 g/mol. The number of benzene rings is 2. The fourth-order valence-corrected chi connectivity index (χ4v) is 2.10. The molecule has 5 nitrogen and oxygen atoms in total. The van der Waals surface area contributed by atoms with Crippen LogP contribution >= 0.6 is 0 Å². The molecule has 0 spiro atoms. The molecule has 0 saturated heterocycles. The van der Waals surface area contributed by atoms with Crippen molar-refractivity contribution in [1.82, 2.24) is 5.43 Å². The summed E-state index contributed by atoms with van der Waals surface area (Å²) in [5, 5.41) is 6.89. The molecule has 2 rings (SSSR count). The van der Waals surface area contributed by atoms with Crippen molar-refractivity contribution < 1.29 is 9.59 Å². The van der Waals surface area contributed by atoms with Gasteiger partial charge < -0.3 is 5.32 Å². The maximum absolute atomic E-state index is 12.1. The maximum Gasteiger partial charge on any atom is 0.271 e. The van der Waals surface area contributed by atoms with Gasteiger partial charge in [0.2, 0.25) is 0 Å². The van der Waals surface area contributed by atoms with Crippen LogP contribution in [-0.2, 0) is 0 Å². The van der Waals surface area contributed by atoms with Crippen LogP contribution in [0.2, 0.25) is 0 Å². The number of hydrazone groups is 1. The molecule has 0 heterocycles. The molecule has 0 unspecified atom stereocenters. The fourth-order valence-electron chi connectivity index (χ4n) is 2.10. The largest absolute Gasteiger partial charge is 0.322 e. The van der Waals surface area contributed by atoms with Crippen molar-refractivity contribution >= 4 is 23.2 Å². The van der Waals surface area contributed by atoms with E-state index in [1.54, 1.807) is 36.4 Å². The van der Waals surface area contributed by atoms with E-state index in [0.29, 0.717) is 16.8 Å². The fraction of sp³-hybridized carbons (Fsp3) is 0.211. The summed E-state index contributed by atoms with van der Waals surface area (Å²) in [5.41, 5.74) is 5.19. The lowest BCUT2D eigenvalue weighted by atomic mass is 10.1. The molecule has 2 aromatic rings. The highest BCUT2D eigenvalue weighted by molar-refractivity contribution is 6.04. The van der Waals surface area contributed by atoms with Crippen LogP contribution in [0.4, 0.5) is 5.69 Å². The normalized spacial score (nSPS) is 9.92. The van der Waals surface area contributed by atoms with Crippen LogP contribution in [0.1, 0.15) is 47.4 Å². The summed E-state index contributed by atoms with van der Waals surface area (Å²) in [7, 11) is 0. The van der Waals surface area contributed by atoms with Crippen LogP contribution < -0.4 is 10.7 Å².